The van der Waals surface area contributed by atoms with Crippen molar-refractivity contribution in [1.82, 2.24) is 24.8 Å². The molecule has 37 heavy (non-hydrogen) atoms. The van der Waals surface area contributed by atoms with E-state index in [1.807, 2.05) is 47.5 Å². The second-order valence-electron chi connectivity index (χ2n) is 8.83. The van der Waals surface area contributed by atoms with E-state index < -0.39 is 0 Å². The Kier molecular flexibility index (Phi) is 6.25. The Bertz CT molecular complexity index is 1560. The van der Waals surface area contributed by atoms with Crippen LogP contribution in [-0.2, 0) is 13.0 Å². The van der Waals surface area contributed by atoms with Crippen LogP contribution in [0.15, 0.2) is 67.1 Å². The molecule has 0 aliphatic carbocycles. The molecule has 1 aromatic carbocycles. The van der Waals surface area contributed by atoms with Crippen LogP contribution in [0.3, 0.4) is 0 Å². The summed E-state index contributed by atoms with van der Waals surface area (Å²) in [5.41, 5.74) is 10.9. The Labute approximate surface area is 217 Å². The Hall–Kier alpha value is -4.28. The molecule has 1 aliphatic rings. The van der Waals surface area contributed by atoms with E-state index >= 15 is 0 Å². The van der Waals surface area contributed by atoms with Gasteiger partial charge in [0.1, 0.15) is 5.65 Å². The minimum atomic E-state index is 0.0104. The molecule has 0 fully saturated rings. The number of aromatic amines is 1. The number of carbonyl (C=O) groups is 1. The summed E-state index contributed by atoms with van der Waals surface area (Å²) in [6.07, 6.45) is 6.00. The third-order valence-corrected chi connectivity index (χ3v) is 7.55. The van der Waals surface area contributed by atoms with Gasteiger partial charge in [-0.2, -0.15) is 4.98 Å². The van der Waals surface area contributed by atoms with Crippen LogP contribution in [0.25, 0.3) is 21.6 Å². The topological polar surface area (TPSA) is 125 Å². The van der Waals surface area contributed by atoms with Gasteiger partial charge in [-0.1, -0.05) is 6.07 Å². The summed E-state index contributed by atoms with van der Waals surface area (Å²) in [5.74, 6) is 0.525. The van der Waals surface area contributed by atoms with Gasteiger partial charge in [0, 0.05) is 66.4 Å². The van der Waals surface area contributed by atoms with Crippen molar-refractivity contribution in [3.63, 3.8) is 0 Å². The Balaban J connectivity index is 1.28. The summed E-state index contributed by atoms with van der Waals surface area (Å²) in [6.45, 7) is 2.53. The molecule has 0 bridgehead atoms. The third-order valence-electron chi connectivity index (χ3n) is 6.30. The molecular formula is C27H26N8OS. The number of nitrogens with one attached hydrogen (secondary N) is 3. The molecule has 1 aliphatic heterocycles. The molecule has 0 saturated heterocycles. The highest BCUT2D eigenvalue weighted by Gasteiger charge is 2.25. The number of thiophene rings is 1. The van der Waals surface area contributed by atoms with Crippen molar-refractivity contribution in [3.05, 3.63) is 83.1 Å². The lowest BCUT2D eigenvalue weighted by molar-refractivity contribution is 0.0735. The van der Waals surface area contributed by atoms with Crippen LogP contribution in [0, 0.1) is 0 Å². The van der Waals surface area contributed by atoms with E-state index in [0.29, 0.717) is 37.7 Å². The number of nitrogens with zero attached hydrogens (tertiary/aromatic N) is 4. The molecule has 9 nitrogen and oxygen atoms in total. The molecule has 6 rings (SSSR count). The zero-order valence-corrected chi connectivity index (χ0v) is 20.9. The first-order valence-electron chi connectivity index (χ1n) is 12.2. The second-order valence-corrected chi connectivity index (χ2v) is 9.97. The number of rotatable bonds is 7. The number of hydrogen-bond donors (Lipinski definition) is 4. The molecule has 0 spiro atoms. The zero-order chi connectivity index (χ0) is 25.2. The minimum absolute atomic E-state index is 0.0104. The maximum absolute atomic E-state index is 13.0. The molecule has 5 aromatic rings. The number of benzene rings is 1. The number of carbonyl (C=O) groups excluding carboxylic acids is 1. The lowest BCUT2D eigenvalue weighted by Gasteiger charge is -2.26. The molecule has 4 aromatic heterocycles. The monoisotopic (exact) mass is 510 g/mol. The molecule has 5 N–H and O–H groups in total. The van der Waals surface area contributed by atoms with Gasteiger partial charge in [-0.15, -0.1) is 11.3 Å². The summed E-state index contributed by atoms with van der Waals surface area (Å²) in [5, 5.41) is 7.60. The van der Waals surface area contributed by atoms with Crippen LogP contribution in [0.2, 0.25) is 0 Å². The maximum atomic E-state index is 13.0. The first kappa shape index (κ1) is 23.1. The van der Waals surface area contributed by atoms with Gasteiger partial charge in [0.15, 0.2) is 0 Å². The number of fused-ring (bicyclic) bond motifs is 2. The van der Waals surface area contributed by atoms with E-state index in [9.17, 15) is 4.79 Å². The number of anilines is 3. The summed E-state index contributed by atoms with van der Waals surface area (Å²) >= 11 is 1.74. The largest absolute Gasteiger partial charge is 0.384 e. The lowest BCUT2D eigenvalue weighted by Crippen LogP contribution is -2.35. The molecular weight excluding hydrogens is 484 g/mol. The van der Waals surface area contributed by atoms with Crippen LogP contribution in [-0.4, -0.2) is 50.4 Å². The summed E-state index contributed by atoms with van der Waals surface area (Å²) in [4.78, 5) is 34.1. The van der Waals surface area contributed by atoms with Gasteiger partial charge >= 0.3 is 0 Å². The van der Waals surface area contributed by atoms with Crippen LogP contribution >= 0.6 is 11.3 Å². The Morgan fingerprint density at radius 2 is 2.05 bits per heavy atom. The quantitative estimate of drug-likeness (QED) is 0.256. The van der Waals surface area contributed by atoms with Crippen molar-refractivity contribution in [1.29, 1.82) is 0 Å². The van der Waals surface area contributed by atoms with Crippen molar-refractivity contribution >= 4 is 45.6 Å². The lowest BCUT2D eigenvalue weighted by atomic mass is 10.1. The Morgan fingerprint density at radius 3 is 2.92 bits per heavy atom. The van der Waals surface area contributed by atoms with Crippen LogP contribution in [0.1, 0.15) is 20.8 Å². The number of hydrogen-bond acceptors (Lipinski definition) is 8. The van der Waals surface area contributed by atoms with E-state index in [-0.39, 0.29) is 5.91 Å². The third kappa shape index (κ3) is 4.76. The molecule has 0 unspecified atom stereocenters. The van der Waals surface area contributed by atoms with Crippen LogP contribution in [0.5, 0.6) is 0 Å². The van der Waals surface area contributed by atoms with Gasteiger partial charge in [-0.05, 0) is 54.4 Å². The van der Waals surface area contributed by atoms with E-state index in [2.05, 4.69) is 31.7 Å². The van der Waals surface area contributed by atoms with E-state index in [4.69, 9.17) is 10.7 Å². The fourth-order valence-corrected chi connectivity index (χ4v) is 5.70. The predicted molar refractivity (Wildman–Crippen MR) is 147 cm³/mol. The average molecular weight is 511 g/mol. The average Bonchev–Trinajstić information content (AvgIpc) is 3.58. The van der Waals surface area contributed by atoms with Crippen molar-refractivity contribution < 1.29 is 4.79 Å². The second kappa shape index (κ2) is 10.00. The maximum Gasteiger partial charge on any atom is 0.255 e. The van der Waals surface area contributed by atoms with Crippen molar-refractivity contribution in [2.45, 2.75) is 13.0 Å². The highest BCUT2D eigenvalue weighted by atomic mass is 32.1. The molecule has 0 atom stereocenters. The van der Waals surface area contributed by atoms with Gasteiger partial charge in [0.25, 0.3) is 5.91 Å². The van der Waals surface area contributed by atoms with Crippen LogP contribution < -0.4 is 16.4 Å². The Morgan fingerprint density at radius 1 is 1.14 bits per heavy atom. The van der Waals surface area contributed by atoms with Gasteiger partial charge in [0.05, 0.1) is 16.1 Å². The van der Waals surface area contributed by atoms with Gasteiger partial charge in [-0.25, -0.2) is 4.98 Å². The molecule has 0 saturated carbocycles. The highest BCUT2D eigenvalue weighted by molar-refractivity contribution is 7.15. The first-order valence-corrected chi connectivity index (χ1v) is 13.0. The molecule has 0 radical (unpaired) electrons. The summed E-state index contributed by atoms with van der Waals surface area (Å²) in [7, 11) is 0. The molecule has 10 heteroatoms. The van der Waals surface area contributed by atoms with Crippen molar-refractivity contribution in [2.24, 2.45) is 5.73 Å². The number of H-pyrrole nitrogens is 1. The predicted octanol–water partition coefficient (Wildman–Crippen LogP) is 4.39. The van der Waals surface area contributed by atoms with Crippen molar-refractivity contribution in [3.8, 4) is 10.6 Å². The van der Waals surface area contributed by atoms with E-state index in [1.165, 1.54) is 10.4 Å². The summed E-state index contributed by atoms with van der Waals surface area (Å²) < 4.78 is 0. The molecule has 186 valence electrons. The van der Waals surface area contributed by atoms with Crippen LogP contribution in [0.4, 0.5) is 17.3 Å². The van der Waals surface area contributed by atoms with E-state index in [1.54, 1.807) is 29.8 Å². The smallest absolute Gasteiger partial charge is 0.255 e. The minimum Gasteiger partial charge on any atom is -0.384 e. The first-order chi connectivity index (χ1) is 18.2. The number of pyridine rings is 1. The van der Waals surface area contributed by atoms with E-state index in [0.717, 1.165) is 39.4 Å². The number of nitrogens with two attached hydrogens (primary N) is 1. The fraction of sp³-hybridized carbons (Fsp3) is 0.185. The normalized spacial score (nSPS) is 12.9. The number of amides is 1. The van der Waals surface area contributed by atoms with Crippen molar-refractivity contribution in [2.75, 3.05) is 30.3 Å². The summed E-state index contributed by atoms with van der Waals surface area (Å²) in [6, 6.07) is 15.7. The van der Waals surface area contributed by atoms with Gasteiger partial charge < -0.3 is 26.3 Å². The molecule has 1 amide bonds. The fourth-order valence-electron chi connectivity index (χ4n) is 4.53. The van der Waals surface area contributed by atoms with Gasteiger partial charge in [0.2, 0.25) is 5.95 Å². The zero-order valence-electron chi connectivity index (χ0n) is 20.1. The standard InChI is InChI=1S/C27H26N8OS/c28-8-11-30-19-4-1-5-20(14-19)32-27-33-24(21-6-10-31-25(21)34-27)23-13-18-16-35(12-7-22(18)37-23)26(36)17-3-2-9-29-15-17/h1-6,9-10,13-15,30H,7-8,11-12,16,28H2,(H2,31,32,33,34). The van der Waals surface area contributed by atoms with Gasteiger partial charge in [-0.3, -0.25) is 9.78 Å². The molecule has 5 heterocycles. The highest BCUT2D eigenvalue weighted by Crippen LogP contribution is 2.37. The number of aromatic nitrogens is 4. The SMILES string of the molecule is NCCNc1cccc(Nc2nc(-c3cc4c(s3)CCN(C(=O)c3cccnc3)C4)c3cc[nH]c3n2)c1.